The van der Waals surface area contributed by atoms with Crippen LogP contribution in [0.3, 0.4) is 0 Å². The van der Waals surface area contributed by atoms with Crippen LogP contribution >= 0.6 is 0 Å². The van der Waals surface area contributed by atoms with Gasteiger partial charge in [-0.1, -0.05) is 6.07 Å². The molecule has 0 amide bonds. The number of likely N-dealkylation sites (tertiary alicyclic amines) is 1. The number of nitrogens with one attached hydrogen (secondary N) is 1. The Morgan fingerprint density at radius 1 is 1.28 bits per heavy atom. The van der Waals surface area contributed by atoms with Crippen molar-refractivity contribution in [2.45, 2.75) is 32.7 Å². The Labute approximate surface area is 109 Å². The van der Waals surface area contributed by atoms with Crippen molar-refractivity contribution in [3.63, 3.8) is 0 Å². The molecule has 18 heavy (non-hydrogen) atoms. The summed E-state index contributed by atoms with van der Waals surface area (Å²) in [6.07, 6.45) is 3.92. The summed E-state index contributed by atoms with van der Waals surface area (Å²) < 4.78 is 12.9. The van der Waals surface area contributed by atoms with Crippen LogP contribution < -0.4 is 5.32 Å². The monoisotopic (exact) mass is 250 g/mol. The molecule has 2 rings (SSSR count). The van der Waals surface area contributed by atoms with Gasteiger partial charge in [-0.3, -0.25) is 0 Å². The van der Waals surface area contributed by atoms with Crippen molar-refractivity contribution in [2.75, 3.05) is 26.2 Å². The number of halogens is 1. The summed E-state index contributed by atoms with van der Waals surface area (Å²) in [5.41, 5.74) is 2.22. The van der Waals surface area contributed by atoms with Gasteiger partial charge in [0, 0.05) is 6.54 Å². The van der Waals surface area contributed by atoms with Gasteiger partial charge >= 0.3 is 0 Å². The van der Waals surface area contributed by atoms with Crippen LogP contribution in [0, 0.1) is 12.7 Å². The number of nitrogens with zero attached hydrogens (tertiary/aromatic N) is 1. The molecular weight excluding hydrogens is 227 g/mol. The van der Waals surface area contributed by atoms with Gasteiger partial charge in [0.15, 0.2) is 0 Å². The molecule has 1 aliphatic rings. The van der Waals surface area contributed by atoms with Gasteiger partial charge in [0.1, 0.15) is 5.82 Å². The van der Waals surface area contributed by atoms with Crippen LogP contribution in [0.15, 0.2) is 18.2 Å². The highest BCUT2D eigenvalue weighted by Crippen LogP contribution is 2.10. The molecule has 3 heteroatoms. The topological polar surface area (TPSA) is 15.3 Å². The van der Waals surface area contributed by atoms with E-state index in [9.17, 15) is 4.39 Å². The summed E-state index contributed by atoms with van der Waals surface area (Å²) in [6, 6.07) is 5.01. The van der Waals surface area contributed by atoms with Gasteiger partial charge in [-0.05, 0) is 75.6 Å². The molecule has 0 spiro atoms. The standard InChI is InChI=1S/C15H23FN2/c1-13-11-15(16)6-5-14(13)12-17-7-4-10-18-8-2-3-9-18/h5-6,11,17H,2-4,7-10,12H2,1H3. The van der Waals surface area contributed by atoms with Crippen LogP contribution in [0.1, 0.15) is 30.4 Å². The van der Waals surface area contributed by atoms with Gasteiger partial charge < -0.3 is 10.2 Å². The zero-order valence-electron chi connectivity index (χ0n) is 11.2. The van der Waals surface area contributed by atoms with E-state index in [4.69, 9.17) is 0 Å². The molecular formula is C15H23FN2. The van der Waals surface area contributed by atoms with E-state index in [1.165, 1.54) is 50.5 Å². The SMILES string of the molecule is Cc1cc(F)ccc1CNCCCN1CCCC1. The summed E-state index contributed by atoms with van der Waals surface area (Å²) in [5.74, 6) is -0.148. The lowest BCUT2D eigenvalue weighted by Crippen LogP contribution is -2.24. The average Bonchev–Trinajstić information content (AvgIpc) is 2.84. The van der Waals surface area contributed by atoms with Gasteiger partial charge in [0.05, 0.1) is 0 Å². The third-order valence-corrected chi connectivity index (χ3v) is 3.65. The molecule has 100 valence electrons. The largest absolute Gasteiger partial charge is 0.313 e. The van der Waals surface area contributed by atoms with E-state index in [2.05, 4.69) is 10.2 Å². The van der Waals surface area contributed by atoms with E-state index < -0.39 is 0 Å². The summed E-state index contributed by atoms with van der Waals surface area (Å²) in [5, 5.41) is 3.44. The van der Waals surface area contributed by atoms with Crippen molar-refractivity contribution in [3.05, 3.63) is 35.1 Å². The molecule has 1 aromatic carbocycles. The lowest BCUT2D eigenvalue weighted by molar-refractivity contribution is 0.331. The van der Waals surface area contributed by atoms with Crippen molar-refractivity contribution in [2.24, 2.45) is 0 Å². The van der Waals surface area contributed by atoms with Crippen LogP contribution in [0.25, 0.3) is 0 Å². The maximum Gasteiger partial charge on any atom is 0.123 e. The maximum absolute atomic E-state index is 12.9. The first kappa shape index (κ1) is 13.5. The Morgan fingerprint density at radius 2 is 2.06 bits per heavy atom. The quantitative estimate of drug-likeness (QED) is 0.781. The van der Waals surface area contributed by atoms with E-state index >= 15 is 0 Å². The predicted molar refractivity (Wildman–Crippen MR) is 73.1 cm³/mol. The third-order valence-electron chi connectivity index (χ3n) is 3.65. The molecule has 1 aliphatic heterocycles. The van der Waals surface area contributed by atoms with Crippen LogP contribution in [0.5, 0.6) is 0 Å². The normalized spacial score (nSPS) is 16.3. The van der Waals surface area contributed by atoms with E-state index in [0.717, 1.165) is 18.7 Å². The minimum atomic E-state index is -0.148. The number of hydrogen-bond donors (Lipinski definition) is 1. The Kier molecular flexibility index (Phi) is 5.14. The molecule has 0 aromatic heterocycles. The van der Waals surface area contributed by atoms with Crippen LogP contribution in [-0.2, 0) is 6.54 Å². The summed E-state index contributed by atoms with van der Waals surface area (Å²) in [6.45, 7) is 7.59. The van der Waals surface area contributed by atoms with Crippen LogP contribution in [0.2, 0.25) is 0 Å². The smallest absolute Gasteiger partial charge is 0.123 e. The molecule has 0 atom stereocenters. The maximum atomic E-state index is 12.9. The molecule has 1 aromatic rings. The molecule has 1 saturated heterocycles. The molecule has 2 nitrogen and oxygen atoms in total. The molecule has 1 N–H and O–H groups in total. The Hall–Kier alpha value is -0.930. The van der Waals surface area contributed by atoms with Crippen molar-refractivity contribution in [1.82, 2.24) is 10.2 Å². The summed E-state index contributed by atoms with van der Waals surface area (Å²) in [4.78, 5) is 2.53. The summed E-state index contributed by atoms with van der Waals surface area (Å²) >= 11 is 0. The first-order valence-corrected chi connectivity index (χ1v) is 6.94. The highest BCUT2D eigenvalue weighted by molar-refractivity contribution is 5.26. The number of aryl methyl sites for hydroxylation is 1. The average molecular weight is 250 g/mol. The van der Waals surface area contributed by atoms with E-state index in [0.29, 0.717) is 0 Å². The lowest BCUT2D eigenvalue weighted by atomic mass is 10.1. The lowest BCUT2D eigenvalue weighted by Gasteiger charge is -2.14. The fourth-order valence-corrected chi connectivity index (χ4v) is 2.51. The first-order chi connectivity index (χ1) is 8.75. The molecule has 0 bridgehead atoms. The number of hydrogen-bond acceptors (Lipinski definition) is 2. The van der Waals surface area contributed by atoms with Gasteiger partial charge in [0.25, 0.3) is 0 Å². The predicted octanol–water partition coefficient (Wildman–Crippen LogP) is 2.71. The fraction of sp³-hybridized carbons (Fsp3) is 0.600. The highest BCUT2D eigenvalue weighted by Gasteiger charge is 2.09. The summed E-state index contributed by atoms with van der Waals surface area (Å²) in [7, 11) is 0. The molecule has 0 radical (unpaired) electrons. The number of benzene rings is 1. The molecule has 0 saturated carbocycles. The van der Waals surface area contributed by atoms with E-state index in [-0.39, 0.29) is 5.82 Å². The second-order valence-corrected chi connectivity index (χ2v) is 5.15. The Balaban J connectivity index is 1.62. The second-order valence-electron chi connectivity index (χ2n) is 5.15. The zero-order valence-corrected chi connectivity index (χ0v) is 11.2. The fourth-order valence-electron chi connectivity index (χ4n) is 2.51. The van der Waals surface area contributed by atoms with Gasteiger partial charge in [-0.15, -0.1) is 0 Å². The second kappa shape index (κ2) is 6.86. The van der Waals surface area contributed by atoms with Crippen molar-refractivity contribution >= 4 is 0 Å². The van der Waals surface area contributed by atoms with E-state index in [1.807, 2.05) is 13.0 Å². The van der Waals surface area contributed by atoms with Crippen LogP contribution in [0.4, 0.5) is 4.39 Å². The minimum Gasteiger partial charge on any atom is -0.313 e. The van der Waals surface area contributed by atoms with Gasteiger partial charge in [-0.2, -0.15) is 0 Å². The third kappa shape index (κ3) is 4.07. The molecule has 1 heterocycles. The van der Waals surface area contributed by atoms with Crippen molar-refractivity contribution in [3.8, 4) is 0 Å². The Morgan fingerprint density at radius 3 is 2.78 bits per heavy atom. The van der Waals surface area contributed by atoms with Gasteiger partial charge in [0.2, 0.25) is 0 Å². The van der Waals surface area contributed by atoms with Crippen LogP contribution in [-0.4, -0.2) is 31.1 Å². The van der Waals surface area contributed by atoms with Crippen molar-refractivity contribution in [1.29, 1.82) is 0 Å². The van der Waals surface area contributed by atoms with Crippen molar-refractivity contribution < 1.29 is 4.39 Å². The zero-order chi connectivity index (χ0) is 12.8. The minimum absolute atomic E-state index is 0.148. The van der Waals surface area contributed by atoms with E-state index in [1.54, 1.807) is 6.07 Å². The first-order valence-electron chi connectivity index (χ1n) is 6.94. The Bertz CT molecular complexity index is 373. The number of rotatable bonds is 6. The molecule has 0 aliphatic carbocycles. The molecule has 1 fully saturated rings. The highest BCUT2D eigenvalue weighted by atomic mass is 19.1. The van der Waals surface area contributed by atoms with Gasteiger partial charge in [-0.25, -0.2) is 4.39 Å². The molecule has 0 unspecified atom stereocenters.